The van der Waals surface area contributed by atoms with Crippen molar-refractivity contribution < 1.29 is 13.5 Å². The first-order valence-corrected chi connectivity index (χ1v) is 7.04. The summed E-state index contributed by atoms with van der Waals surface area (Å²) in [5.41, 5.74) is 0. The Kier molecular flexibility index (Phi) is 5.14. The lowest BCUT2D eigenvalue weighted by Crippen LogP contribution is -2.38. The molecule has 0 spiro atoms. The van der Waals surface area contributed by atoms with Crippen LogP contribution < -0.4 is 10.1 Å². The van der Waals surface area contributed by atoms with E-state index in [0.717, 1.165) is 56.8 Å². The third kappa shape index (κ3) is 4.16. The fourth-order valence-corrected chi connectivity index (χ4v) is 2.53. The molecule has 0 aromatic heterocycles. The monoisotopic (exact) mass is 269 g/mol. The van der Waals surface area contributed by atoms with Crippen LogP contribution in [-0.2, 0) is 0 Å². The van der Waals surface area contributed by atoms with E-state index in [4.69, 9.17) is 4.74 Å². The molecule has 1 aromatic rings. The van der Waals surface area contributed by atoms with Gasteiger partial charge in [0, 0.05) is 12.1 Å². The number of hydrogen-bond acceptors (Lipinski definition) is 2. The van der Waals surface area contributed by atoms with Crippen molar-refractivity contribution in [1.29, 1.82) is 0 Å². The average Bonchev–Trinajstić information content (AvgIpc) is 2.41. The van der Waals surface area contributed by atoms with Gasteiger partial charge in [0.15, 0.2) is 11.6 Å². The highest BCUT2D eigenvalue weighted by atomic mass is 19.1. The number of benzene rings is 1. The fourth-order valence-electron chi connectivity index (χ4n) is 2.53. The minimum Gasteiger partial charge on any atom is -0.487 e. The van der Waals surface area contributed by atoms with E-state index in [9.17, 15) is 8.78 Å². The summed E-state index contributed by atoms with van der Waals surface area (Å²) in [6.07, 6.45) is 5.02. The zero-order valence-corrected chi connectivity index (χ0v) is 11.3. The molecular formula is C15H21F2NO. The van der Waals surface area contributed by atoms with Crippen molar-refractivity contribution in [2.24, 2.45) is 0 Å². The normalized spacial score (nSPS) is 23.3. The molecule has 1 aliphatic rings. The molecule has 0 amide bonds. The van der Waals surface area contributed by atoms with Gasteiger partial charge in [-0.25, -0.2) is 8.78 Å². The Bertz CT molecular complexity index is 411. The minimum absolute atomic E-state index is 0.0283. The molecule has 2 nitrogen and oxygen atoms in total. The summed E-state index contributed by atoms with van der Waals surface area (Å²) in [5.74, 6) is -0.931. The van der Waals surface area contributed by atoms with Gasteiger partial charge in [0.2, 0.25) is 0 Å². The SMILES string of the molecule is CCCNC1CCCC(Oc2cc(F)ccc2F)C1. The summed E-state index contributed by atoms with van der Waals surface area (Å²) in [6, 6.07) is 3.77. The van der Waals surface area contributed by atoms with Crippen LogP contribution in [0.1, 0.15) is 39.0 Å². The zero-order valence-electron chi connectivity index (χ0n) is 11.3. The van der Waals surface area contributed by atoms with Crippen LogP contribution in [0, 0.1) is 11.6 Å². The van der Waals surface area contributed by atoms with E-state index >= 15 is 0 Å². The second-order valence-electron chi connectivity index (χ2n) is 5.13. The quantitative estimate of drug-likeness (QED) is 0.881. The van der Waals surface area contributed by atoms with Crippen molar-refractivity contribution in [3.8, 4) is 5.75 Å². The molecule has 4 heteroatoms. The lowest BCUT2D eigenvalue weighted by atomic mass is 9.92. The van der Waals surface area contributed by atoms with E-state index in [1.165, 1.54) is 0 Å². The van der Waals surface area contributed by atoms with Crippen molar-refractivity contribution >= 4 is 0 Å². The second kappa shape index (κ2) is 6.85. The molecule has 1 N–H and O–H groups in total. The molecule has 0 aliphatic heterocycles. The van der Waals surface area contributed by atoms with Gasteiger partial charge in [-0.2, -0.15) is 0 Å². The third-order valence-electron chi connectivity index (χ3n) is 3.50. The highest BCUT2D eigenvalue weighted by molar-refractivity contribution is 5.25. The molecule has 1 fully saturated rings. The maximum absolute atomic E-state index is 13.5. The first-order valence-electron chi connectivity index (χ1n) is 7.04. The highest BCUT2D eigenvalue weighted by Gasteiger charge is 2.23. The van der Waals surface area contributed by atoms with E-state index in [2.05, 4.69) is 12.2 Å². The first kappa shape index (κ1) is 14.3. The Hall–Kier alpha value is -1.16. The average molecular weight is 269 g/mol. The molecule has 0 heterocycles. The van der Waals surface area contributed by atoms with Gasteiger partial charge in [0.25, 0.3) is 0 Å². The molecule has 1 aliphatic carbocycles. The summed E-state index contributed by atoms with van der Waals surface area (Å²) in [4.78, 5) is 0. The Morgan fingerprint density at radius 1 is 1.32 bits per heavy atom. The van der Waals surface area contributed by atoms with Crippen molar-refractivity contribution in [3.05, 3.63) is 29.8 Å². The topological polar surface area (TPSA) is 21.3 Å². The third-order valence-corrected chi connectivity index (χ3v) is 3.50. The molecular weight excluding hydrogens is 248 g/mol. The maximum Gasteiger partial charge on any atom is 0.165 e. The van der Waals surface area contributed by atoms with Crippen LogP contribution in [0.25, 0.3) is 0 Å². The number of halogens is 2. The van der Waals surface area contributed by atoms with Gasteiger partial charge in [-0.3, -0.25) is 0 Å². The molecule has 0 saturated heterocycles. The standard InChI is InChI=1S/C15H21F2NO/c1-2-8-18-12-4-3-5-13(10-12)19-15-9-11(16)6-7-14(15)17/h6-7,9,12-13,18H,2-5,8,10H2,1H3. The second-order valence-corrected chi connectivity index (χ2v) is 5.13. The lowest BCUT2D eigenvalue weighted by Gasteiger charge is -2.30. The number of ether oxygens (including phenoxy) is 1. The van der Waals surface area contributed by atoms with Gasteiger partial charge in [-0.15, -0.1) is 0 Å². The van der Waals surface area contributed by atoms with Gasteiger partial charge in [-0.05, 0) is 50.8 Å². The van der Waals surface area contributed by atoms with E-state index in [-0.39, 0.29) is 11.9 Å². The molecule has 0 radical (unpaired) electrons. The Morgan fingerprint density at radius 2 is 2.16 bits per heavy atom. The number of hydrogen-bond donors (Lipinski definition) is 1. The molecule has 2 rings (SSSR count). The van der Waals surface area contributed by atoms with E-state index in [0.29, 0.717) is 6.04 Å². The lowest BCUT2D eigenvalue weighted by molar-refractivity contribution is 0.129. The molecule has 2 unspecified atom stereocenters. The van der Waals surface area contributed by atoms with Crippen LogP contribution >= 0.6 is 0 Å². The van der Waals surface area contributed by atoms with Crippen molar-refractivity contribution in [2.45, 2.75) is 51.2 Å². The van der Waals surface area contributed by atoms with Crippen LogP contribution in [0.2, 0.25) is 0 Å². The Balaban J connectivity index is 1.93. The highest BCUT2D eigenvalue weighted by Crippen LogP contribution is 2.26. The van der Waals surface area contributed by atoms with Gasteiger partial charge in [0.1, 0.15) is 11.9 Å². The summed E-state index contributed by atoms with van der Waals surface area (Å²) in [6.45, 7) is 3.12. The van der Waals surface area contributed by atoms with Crippen molar-refractivity contribution in [1.82, 2.24) is 5.32 Å². The summed E-state index contributed by atoms with van der Waals surface area (Å²) in [5, 5.41) is 3.47. The van der Waals surface area contributed by atoms with Crippen LogP contribution in [0.5, 0.6) is 5.75 Å². The molecule has 1 aromatic carbocycles. The van der Waals surface area contributed by atoms with Gasteiger partial charge < -0.3 is 10.1 Å². The molecule has 1 saturated carbocycles. The van der Waals surface area contributed by atoms with Crippen LogP contribution in [-0.4, -0.2) is 18.7 Å². The molecule has 0 bridgehead atoms. The summed E-state index contributed by atoms with van der Waals surface area (Å²) in [7, 11) is 0. The predicted octanol–water partition coefficient (Wildman–Crippen LogP) is 3.65. The predicted molar refractivity (Wildman–Crippen MR) is 71.3 cm³/mol. The van der Waals surface area contributed by atoms with Gasteiger partial charge >= 0.3 is 0 Å². The van der Waals surface area contributed by atoms with Gasteiger partial charge in [-0.1, -0.05) is 6.92 Å². The van der Waals surface area contributed by atoms with Gasteiger partial charge in [0.05, 0.1) is 0 Å². The van der Waals surface area contributed by atoms with E-state index < -0.39 is 11.6 Å². The Morgan fingerprint density at radius 3 is 2.95 bits per heavy atom. The number of nitrogens with one attached hydrogen (secondary N) is 1. The molecule has 19 heavy (non-hydrogen) atoms. The summed E-state index contributed by atoms with van der Waals surface area (Å²) >= 11 is 0. The van der Waals surface area contributed by atoms with Crippen LogP contribution in [0.3, 0.4) is 0 Å². The largest absolute Gasteiger partial charge is 0.487 e. The summed E-state index contributed by atoms with van der Waals surface area (Å²) < 4.78 is 32.2. The van der Waals surface area contributed by atoms with Crippen LogP contribution in [0.4, 0.5) is 8.78 Å². The fraction of sp³-hybridized carbons (Fsp3) is 0.600. The van der Waals surface area contributed by atoms with E-state index in [1.807, 2.05) is 0 Å². The smallest absolute Gasteiger partial charge is 0.165 e. The molecule has 106 valence electrons. The minimum atomic E-state index is -0.495. The van der Waals surface area contributed by atoms with Crippen molar-refractivity contribution in [3.63, 3.8) is 0 Å². The Labute approximate surface area is 113 Å². The van der Waals surface area contributed by atoms with Crippen LogP contribution in [0.15, 0.2) is 18.2 Å². The first-order chi connectivity index (χ1) is 9.19. The molecule has 2 atom stereocenters. The zero-order chi connectivity index (χ0) is 13.7. The van der Waals surface area contributed by atoms with E-state index in [1.54, 1.807) is 0 Å². The van der Waals surface area contributed by atoms with Crippen molar-refractivity contribution in [2.75, 3.05) is 6.54 Å². The maximum atomic E-state index is 13.5. The number of rotatable bonds is 5.